The second kappa shape index (κ2) is 4.04. The summed E-state index contributed by atoms with van der Waals surface area (Å²) in [6.45, 7) is 0. The number of hydrogen-bond acceptors (Lipinski definition) is 3. The molecule has 3 heteroatoms. The van der Waals surface area contributed by atoms with Crippen molar-refractivity contribution in [3.05, 3.63) is 0 Å². The van der Waals surface area contributed by atoms with E-state index in [0.717, 1.165) is 19.3 Å². The van der Waals surface area contributed by atoms with Gasteiger partial charge in [0.25, 0.3) is 0 Å². The van der Waals surface area contributed by atoms with Gasteiger partial charge in [0.1, 0.15) is 0 Å². The minimum Gasteiger partial charge on any atom is -0.381 e. The van der Waals surface area contributed by atoms with Gasteiger partial charge in [-0.15, -0.1) is 0 Å². The van der Waals surface area contributed by atoms with Gasteiger partial charge in [-0.25, -0.2) is 0 Å². The highest BCUT2D eigenvalue weighted by molar-refractivity contribution is 4.81. The summed E-state index contributed by atoms with van der Waals surface area (Å²) in [5.74, 6) is 0. The predicted molar refractivity (Wildman–Crippen MR) is 43.4 cm³/mol. The largest absolute Gasteiger partial charge is 0.381 e. The van der Waals surface area contributed by atoms with E-state index in [1.165, 1.54) is 0 Å². The van der Waals surface area contributed by atoms with Crippen LogP contribution in [0.2, 0.25) is 0 Å². The lowest BCUT2D eigenvalue weighted by atomic mass is 9.91. The summed E-state index contributed by atoms with van der Waals surface area (Å²) in [4.78, 5) is 0. The van der Waals surface area contributed by atoms with Gasteiger partial charge in [-0.3, -0.25) is 0 Å². The quantitative estimate of drug-likeness (QED) is 0.639. The van der Waals surface area contributed by atoms with Crippen LogP contribution in [0, 0.1) is 0 Å². The van der Waals surface area contributed by atoms with Gasteiger partial charge in [0.05, 0.1) is 12.2 Å². The molecule has 3 nitrogen and oxygen atoms in total. The monoisotopic (exact) mass is 159 g/mol. The summed E-state index contributed by atoms with van der Waals surface area (Å²) in [5, 5.41) is 0. The van der Waals surface area contributed by atoms with Gasteiger partial charge in [0.2, 0.25) is 0 Å². The maximum atomic E-state index is 5.81. The van der Waals surface area contributed by atoms with E-state index in [1.54, 1.807) is 14.2 Å². The minimum absolute atomic E-state index is 0.249. The third kappa shape index (κ3) is 2.43. The first kappa shape index (κ1) is 8.97. The van der Waals surface area contributed by atoms with E-state index in [4.69, 9.17) is 15.2 Å². The molecule has 1 aliphatic carbocycles. The fourth-order valence-corrected chi connectivity index (χ4v) is 1.64. The Morgan fingerprint density at radius 1 is 1.00 bits per heavy atom. The highest BCUT2D eigenvalue weighted by Crippen LogP contribution is 2.21. The molecule has 0 heterocycles. The molecule has 11 heavy (non-hydrogen) atoms. The maximum Gasteiger partial charge on any atom is 0.0610 e. The molecular weight excluding hydrogens is 142 g/mol. The zero-order valence-electron chi connectivity index (χ0n) is 7.25. The molecule has 0 amide bonds. The molecule has 0 aromatic heterocycles. The first-order valence-corrected chi connectivity index (χ1v) is 4.07. The van der Waals surface area contributed by atoms with Gasteiger partial charge in [-0.2, -0.15) is 0 Å². The first-order valence-electron chi connectivity index (χ1n) is 4.07. The molecule has 1 unspecified atom stereocenters. The topological polar surface area (TPSA) is 44.5 Å². The molecule has 0 saturated heterocycles. The zero-order valence-corrected chi connectivity index (χ0v) is 7.25. The number of rotatable bonds is 2. The van der Waals surface area contributed by atoms with E-state index in [0.29, 0.717) is 12.2 Å². The molecular formula is C8H17NO2. The highest BCUT2D eigenvalue weighted by atomic mass is 16.5. The van der Waals surface area contributed by atoms with Gasteiger partial charge in [-0.1, -0.05) is 0 Å². The molecule has 0 radical (unpaired) electrons. The van der Waals surface area contributed by atoms with E-state index >= 15 is 0 Å². The molecule has 0 aromatic carbocycles. The van der Waals surface area contributed by atoms with E-state index in [9.17, 15) is 0 Å². The van der Waals surface area contributed by atoms with Gasteiger partial charge < -0.3 is 15.2 Å². The van der Waals surface area contributed by atoms with Crippen LogP contribution >= 0.6 is 0 Å². The zero-order chi connectivity index (χ0) is 8.27. The number of ether oxygens (including phenoxy) is 2. The van der Waals surface area contributed by atoms with Gasteiger partial charge in [0.15, 0.2) is 0 Å². The van der Waals surface area contributed by atoms with Gasteiger partial charge >= 0.3 is 0 Å². The van der Waals surface area contributed by atoms with E-state index in [2.05, 4.69) is 0 Å². The van der Waals surface area contributed by atoms with Crippen molar-refractivity contribution in [2.75, 3.05) is 14.2 Å². The van der Waals surface area contributed by atoms with Crippen molar-refractivity contribution in [1.29, 1.82) is 0 Å². The molecule has 0 bridgehead atoms. The lowest BCUT2D eigenvalue weighted by Crippen LogP contribution is -2.39. The summed E-state index contributed by atoms with van der Waals surface area (Å²) < 4.78 is 10.5. The fraction of sp³-hybridized carbons (Fsp3) is 1.00. The van der Waals surface area contributed by atoms with E-state index in [-0.39, 0.29) is 6.04 Å². The normalized spacial score (nSPS) is 39.0. The van der Waals surface area contributed by atoms with Crippen molar-refractivity contribution in [2.24, 2.45) is 5.73 Å². The minimum atomic E-state index is 0.249. The van der Waals surface area contributed by atoms with E-state index in [1.807, 2.05) is 0 Å². The Hall–Kier alpha value is -0.120. The molecule has 3 atom stereocenters. The van der Waals surface area contributed by atoms with Gasteiger partial charge in [0, 0.05) is 20.3 Å². The summed E-state index contributed by atoms with van der Waals surface area (Å²) in [5.41, 5.74) is 5.81. The lowest BCUT2D eigenvalue weighted by Gasteiger charge is -2.31. The van der Waals surface area contributed by atoms with Crippen molar-refractivity contribution in [1.82, 2.24) is 0 Å². The van der Waals surface area contributed by atoms with Crippen LogP contribution in [-0.4, -0.2) is 32.5 Å². The number of nitrogens with two attached hydrogens (primary N) is 1. The van der Waals surface area contributed by atoms with Crippen LogP contribution in [0.1, 0.15) is 19.3 Å². The number of hydrogen-bond donors (Lipinski definition) is 1. The predicted octanol–water partition coefficient (Wildman–Crippen LogP) is 0.528. The fourth-order valence-electron chi connectivity index (χ4n) is 1.64. The van der Waals surface area contributed by atoms with Crippen LogP contribution in [0.4, 0.5) is 0 Å². The average Bonchev–Trinajstić information content (AvgIpc) is 2.03. The Morgan fingerprint density at radius 2 is 1.45 bits per heavy atom. The molecule has 2 N–H and O–H groups in total. The van der Waals surface area contributed by atoms with E-state index < -0.39 is 0 Å². The third-order valence-electron chi connectivity index (χ3n) is 2.32. The SMILES string of the molecule is CO[C@@H]1CC(N)C[C@H](OC)C1. The summed E-state index contributed by atoms with van der Waals surface area (Å²) >= 11 is 0. The molecule has 1 aliphatic rings. The van der Waals surface area contributed by atoms with Crippen molar-refractivity contribution < 1.29 is 9.47 Å². The third-order valence-corrected chi connectivity index (χ3v) is 2.32. The van der Waals surface area contributed by atoms with Crippen LogP contribution in [0.15, 0.2) is 0 Å². The summed E-state index contributed by atoms with van der Waals surface area (Å²) in [6.07, 6.45) is 3.51. The molecule has 0 spiro atoms. The summed E-state index contributed by atoms with van der Waals surface area (Å²) in [7, 11) is 3.46. The molecule has 1 rings (SSSR count). The second-order valence-electron chi connectivity index (χ2n) is 3.18. The van der Waals surface area contributed by atoms with Crippen molar-refractivity contribution in [3.8, 4) is 0 Å². The Bertz CT molecular complexity index is 107. The van der Waals surface area contributed by atoms with Crippen LogP contribution in [0.3, 0.4) is 0 Å². The Labute approximate surface area is 67.9 Å². The number of methoxy groups -OCH3 is 2. The maximum absolute atomic E-state index is 5.81. The van der Waals surface area contributed by atoms with Gasteiger partial charge in [-0.05, 0) is 19.3 Å². The standard InChI is InChI=1S/C8H17NO2/c1-10-7-3-6(9)4-8(5-7)11-2/h6-8H,3-5,9H2,1-2H3/t6?,7-,8+. The Kier molecular flexibility index (Phi) is 3.30. The van der Waals surface area contributed by atoms with Crippen LogP contribution < -0.4 is 5.73 Å². The average molecular weight is 159 g/mol. The molecule has 1 fully saturated rings. The Morgan fingerprint density at radius 3 is 1.82 bits per heavy atom. The lowest BCUT2D eigenvalue weighted by molar-refractivity contribution is -0.0158. The molecule has 0 aliphatic heterocycles. The van der Waals surface area contributed by atoms with Crippen molar-refractivity contribution in [3.63, 3.8) is 0 Å². The second-order valence-corrected chi connectivity index (χ2v) is 3.18. The van der Waals surface area contributed by atoms with Crippen molar-refractivity contribution >= 4 is 0 Å². The van der Waals surface area contributed by atoms with Crippen LogP contribution in [-0.2, 0) is 9.47 Å². The Balaban J connectivity index is 2.37. The van der Waals surface area contributed by atoms with Crippen LogP contribution in [0.25, 0.3) is 0 Å². The van der Waals surface area contributed by atoms with Crippen molar-refractivity contribution in [2.45, 2.75) is 37.5 Å². The smallest absolute Gasteiger partial charge is 0.0610 e. The highest BCUT2D eigenvalue weighted by Gasteiger charge is 2.26. The van der Waals surface area contributed by atoms with Crippen LogP contribution in [0.5, 0.6) is 0 Å². The molecule has 66 valence electrons. The molecule has 0 aromatic rings. The molecule has 1 saturated carbocycles. The summed E-state index contributed by atoms with van der Waals surface area (Å²) in [6, 6.07) is 0.249. The first-order chi connectivity index (χ1) is 5.26.